The highest BCUT2D eigenvalue weighted by Crippen LogP contribution is 2.36. The molecule has 1 N–H and O–H groups in total. The quantitative estimate of drug-likeness (QED) is 0.890. The summed E-state index contributed by atoms with van der Waals surface area (Å²) in [6, 6.07) is 3.71. The van der Waals surface area contributed by atoms with Gasteiger partial charge in [0.05, 0.1) is 11.6 Å². The monoisotopic (exact) mass is 250 g/mol. The van der Waals surface area contributed by atoms with Crippen molar-refractivity contribution in [3.63, 3.8) is 0 Å². The second-order valence-corrected chi connectivity index (χ2v) is 4.54. The molecule has 5 nitrogen and oxygen atoms in total. The van der Waals surface area contributed by atoms with Gasteiger partial charge >= 0.3 is 6.09 Å². The Bertz CT molecular complexity index is 436. The summed E-state index contributed by atoms with van der Waals surface area (Å²) in [6.45, 7) is 4.91. The van der Waals surface area contributed by atoms with Crippen molar-refractivity contribution in [2.24, 2.45) is 0 Å². The zero-order valence-electron chi connectivity index (χ0n) is 10.7. The predicted molar refractivity (Wildman–Crippen MR) is 67.0 cm³/mol. The smallest absolute Gasteiger partial charge is 0.407 e. The summed E-state index contributed by atoms with van der Waals surface area (Å²) in [6.07, 6.45) is 1.61. The summed E-state index contributed by atoms with van der Waals surface area (Å²) in [5.74, 6) is 0.792. The van der Waals surface area contributed by atoms with E-state index in [4.69, 9.17) is 9.84 Å². The molecule has 2 rings (SSSR count). The minimum Gasteiger partial charge on any atom is -0.488 e. The number of pyridine rings is 1. The van der Waals surface area contributed by atoms with Crippen molar-refractivity contribution in [1.29, 1.82) is 0 Å². The maximum Gasteiger partial charge on any atom is 0.407 e. The first-order valence-electron chi connectivity index (χ1n) is 6.23. The van der Waals surface area contributed by atoms with Crippen LogP contribution in [-0.4, -0.2) is 40.3 Å². The Labute approximate surface area is 106 Å². The predicted octanol–water partition coefficient (Wildman–Crippen LogP) is 2.34. The Morgan fingerprint density at radius 3 is 3.06 bits per heavy atom. The first-order chi connectivity index (χ1) is 8.63. The molecule has 2 atom stereocenters. The van der Waals surface area contributed by atoms with E-state index in [9.17, 15) is 4.79 Å². The molecule has 0 aromatic carbocycles. The molecule has 0 saturated carbocycles. The van der Waals surface area contributed by atoms with Crippen LogP contribution in [0.3, 0.4) is 0 Å². The molecule has 0 aliphatic carbocycles. The Balaban J connectivity index is 2.15. The standard InChI is InChI=1S/C13H18N2O3/c1-3-7-15(13(16)17)8-10-9(2)18-11-5-4-6-14-12(10)11/h4-6,9-10H,3,7-8H2,1-2H3,(H,16,17)/t9-,10-/m1/s1. The fourth-order valence-electron chi connectivity index (χ4n) is 2.29. The Kier molecular flexibility index (Phi) is 3.69. The minimum atomic E-state index is -0.881. The van der Waals surface area contributed by atoms with E-state index in [0.29, 0.717) is 13.1 Å². The first kappa shape index (κ1) is 12.7. The van der Waals surface area contributed by atoms with Crippen molar-refractivity contribution in [1.82, 2.24) is 9.88 Å². The number of amides is 1. The van der Waals surface area contributed by atoms with Crippen LogP contribution >= 0.6 is 0 Å². The van der Waals surface area contributed by atoms with Crippen LogP contribution in [0.2, 0.25) is 0 Å². The molecule has 0 saturated heterocycles. The van der Waals surface area contributed by atoms with Crippen molar-refractivity contribution in [2.45, 2.75) is 32.3 Å². The van der Waals surface area contributed by atoms with Crippen LogP contribution in [0.15, 0.2) is 18.3 Å². The van der Waals surface area contributed by atoms with Crippen molar-refractivity contribution in [3.05, 3.63) is 24.0 Å². The molecule has 1 amide bonds. The molecule has 0 spiro atoms. The number of rotatable bonds is 4. The number of nitrogens with zero attached hydrogens (tertiary/aromatic N) is 2. The fraction of sp³-hybridized carbons (Fsp3) is 0.538. The molecule has 1 aromatic rings. The summed E-state index contributed by atoms with van der Waals surface area (Å²) in [4.78, 5) is 16.9. The average Bonchev–Trinajstić information content (AvgIpc) is 2.65. The van der Waals surface area contributed by atoms with E-state index >= 15 is 0 Å². The molecule has 0 bridgehead atoms. The van der Waals surface area contributed by atoms with Gasteiger partial charge in [-0.2, -0.15) is 0 Å². The largest absolute Gasteiger partial charge is 0.488 e. The van der Waals surface area contributed by atoms with Crippen LogP contribution < -0.4 is 4.74 Å². The van der Waals surface area contributed by atoms with E-state index in [0.717, 1.165) is 17.9 Å². The van der Waals surface area contributed by atoms with Crippen LogP contribution in [0.1, 0.15) is 31.9 Å². The van der Waals surface area contributed by atoms with E-state index in [1.807, 2.05) is 26.0 Å². The number of carboxylic acid groups (broad SMARTS) is 1. The second kappa shape index (κ2) is 5.25. The highest BCUT2D eigenvalue weighted by molar-refractivity contribution is 5.65. The fourth-order valence-corrected chi connectivity index (χ4v) is 2.29. The van der Waals surface area contributed by atoms with Gasteiger partial charge in [0.1, 0.15) is 11.9 Å². The number of aromatic nitrogens is 1. The molecular weight excluding hydrogens is 232 g/mol. The number of ether oxygens (including phenoxy) is 1. The topological polar surface area (TPSA) is 62.7 Å². The number of carbonyl (C=O) groups is 1. The number of fused-ring (bicyclic) bond motifs is 1. The zero-order chi connectivity index (χ0) is 13.1. The van der Waals surface area contributed by atoms with Crippen molar-refractivity contribution >= 4 is 6.09 Å². The summed E-state index contributed by atoms with van der Waals surface area (Å²) in [5, 5.41) is 9.16. The van der Waals surface area contributed by atoms with Crippen molar-refractivity contribution < 1.29 is 14.6 Å². The van der Waals surface area contributed by atoms with Crippen LogP contribution in [0.5, 0.6) is 5.75 Å². The summed E-state index contributed by atoms with van der Waals surface area (Å²) in [7, 11) is 0. The maximum atomic E-state index is 11.2. The summed E-state index contributed by atoms with van der Waals surface area (Å²) in [5.41, 5.74) is 0.868. The molecule has 0 radical (unpaired) electrons. The highest BCUT2D eigenvalue weighted by atomic mass is 16.5. The van der Waals surface area contributed by atoms with Crippen molar-refractivity contribution in [2.75, 3.05) is 13.1 Å². The van der Waals surface area contributed by atoms with Gasteiger partial charge in [-0.1, -0.05) is 6.92 Å². The van der Waals surface area contributed by atoms with Crippen LogP contribution in [0.4, 0.5) is 4.79 Å². The third kappa shape index (κ3) is 2.39. The van der Waals surface area contributed by atoms with Crippen molar-refractivity contribution in [3.8, 4) is 5.75 Å². The average molecular weight is 250 g/mol. The van der Waals surface area contributed by atoms with E-state index in [1.54, 1.807) is 6.20 Å². The molecule has 1 aliphatic rings. The Hall–Kier alpha value is -1.78. The molecule has 1 aromatic heterocycles. The van der Waals surface area contributed by atoms with Crippen LogP contribution in [-0.2, 0) is 0 Å². The molecule has 0 fully saturated rings. The maximum absolute atomic E-state index is 11.2. The van der Waals surface area contributed by atoms with E-state index in [2.05, 4.69) is 4.98 Å². The molecule has 0 unspecified atom stereocenters. The van der Waals surface area contributed by atoms with E-state index in [1.165, 1.54) is 4.90 Å². The second-order valence-electron chi connectivity index (χ2n) is 4.54. The highest BCUT2D eigenvalue weighted by Gasteiger charge is 2.34. The van der Waals surface area contributed by atoms with Gasteiger partial charge in [-0.25, -0.2) is 4.79 Å². The lowest BCUT2D eigenvalue weighted by Crippen LogP contribution is -2.36. The number of hydrogen-bond acceptors (Lipinski definition) is 3. The lowest BCUT2D eigenvalue weighted by atomic mass is 10.0. The summed E-state index contributed by atoms with van der Waals surface area (Å²) >= 11 is 0. The minimum absolute atomic E-state index is 0.0175. The lowest BCUT2D eigenvalue weighted by molar-refractivity contribution is 0.131. The zero-order valence-corrected chi connectivity index (χ0v) is 10.7. The Morgan fingerprint density at radius 2 is 2.39 bits per heavy atom. The molecule has 1 aliphatic heterocycles. The van der Waals surface area contributed by atoms with E-state index < -0.39 is 6.09 Å². The van der Waals surface area contributed by atoms with E-state index in [-0.39, 0.29) is 12.0 Å². The van der Waals surface area contributed by atoms with Gasteiger partial charge in [-0.05, 0) is 25.5 Å². The van der Waals surface area contributed by atoms with Gasteiger partial charge in [0, 0.05) is 19.3 Å². The number of hydrogen-bond donors (Lipinski definition) is 1. The third-order valence-corrected chi connectivity index (χ3v) is 3.21. The lowest BCUT2D eigenvalue weighted by Gasteiger charge is -2.23. The van der Waals surface area contributed by atoms with Gasteiger partial charge in [-0.15, -0.1) is 0 Å². The van der Waals surface area contributed by atoms with Gasteiger partial charge < -0.3 is 14.7 Å². The molecule has 98 valence electrons. The van der Waals surface area contributed by atoms with Gasteiger partial charge in [0.2, 0.25) is 0 Å². The first-order valence-corrected chi connectivity index (χ1v) is 6.23. The normalized spacial score (nSPS) is 21.2. The summed E-state index contributed by atoms with van der Waals surface area (Å²) < 4.78 is 5.70. The van der Waals surface area contributed by atoms with Gasteiger partial charge in [0.25, 0.3) is 0 Å². The van der Waals surface area contributed by atoms with Crippen LogP contribution in [0.25, 0.3) is 0 Å². The third-order valence-electron chi connectivity index (χ3n) is 3.21. The van der Waals surface area contributed by atoms with Gasteiger partial charge in [-0.3, -0.25) is 4.98 Å². The molecule has 2 heterocycles. The van der Waals surface area contributed by atoms with Gasteiger partial charge in [0.15, 0.2) is 0 Å². The SMILES string of the molecule is CCCN(C[C@H]1c2ncccc2O[C@@H]1C)C(=O)O. The molecular formula is C13H18N2O3. The molecule has 18 heavy (non-hydrogen) atoms. The Morgan fingerprint density at radius 1 is 1.61 bits per heavy atom. The van der Waals surface area contributed by atoms with Crippen LogP contribution in [0, 0.1) is 0 Å². The molecule has 5 heteroatoms.